The van der Waals surface area contributed by atoms with Crippen LogP contribution in [0, 0.1) is 0 Å². The Labute approximate surface area is 131 Å². The molecule has 0 saturated carbocycles. The number of aromatic nitrogens is 2. The van der Waals surface area contributed by atoms with Gasteiger partial charge in [0.2, 0.25) is 10.0 Å². The zero-order valence-corrected chi connectivity index (χ0v) is 14.4. The van der Waals surface area contributed by atoms with Gasteiger partial charge in [0.25, 0.3) is 10.2 Å². The first-order valence-corrected chi connectivity index (χ1v) is 10.0. The maximum atomic E-state index is 12.3. The van der Waals surface area contributed by atoms with E-state index in [4.69, 9.17) is 0 Å². The van der Waals surface area contributed by atoms with E-state index in [1.165, 1.54) is 22.7 Å². The largest absolute Gasteiger partial charge is 0.281 e. The first-order valence-electron chi connectivity index (χ1n) is 6.76. The normalized spacial score (nSPS) is 20.3. The van der Waals surface area contributed by atoms with Gasteiger partial charge in [0.05, 0.1) is 24.5 Å². The number of hydrogen-bond donors (Lipinski definition) is 1. The van der Waals surface area contributed by atoms with Gasteiger partial charge in [-0.05, 0) is 12.5 Å². The third-order valence-electron chi connectivity index (χ3n) is 3.48. The van der Waals surface area contributed by atoms with Crippen molar-refractivity contribution < 1.29 is 16.8 Å². The fraction of sp³-hybridized carbons (Fsp3) is 0.727. The summed E-state index contributed by atoms with van der Waals surface area (Å²) in [4.78, 5) is 0. The molecule has 1 aliphatic rings. The fourth-order valence-electron chi connectivity index (χ4n) is 2.38. The summed E-state index contributed by atoms with van der Waals surface area (Å²) < 4.78 is 53.6. The molecule has 1 aromatic rings. The lowest BCUT2D eigenvalue weighted by Gasteiger charge is -2.34. The fourth-order valence-corrected chi connectivity index (χ4v) is 3.99. The van der Waals surface area contributed by atoms with Crippen molar-refractivity contribution in [1.29, 1.82) is 0 Å². The molecule has 22 heavy (non-hydrogen) atoms. The van der Waals surface area contributed by atoms with E-state index in [1.807, 2.05) is 0 Å². The molecule has 1 N–H and O–H groups in total. The number of nitrogens with zero attached hydrogens (tertiary/aromatic N) is 4. The van der Waals surface area contributed by atoms with Crippen LogP contribution in [0.3, 0.4) is 0 Å². The topological polar surface area (TPSA) is 105 Å². The molecule has 0 aromatic carbocycles. The van der Waals surface area contributed by atoms with E-state index in [0.717, 1.165) is 11.9 Å². The number of rotatable bonds is 6. The van der Waals surface area contributed by atoms with Crippen molar-refractivity contribution in [3.05, 3.63) is 18.0 Å². The Bertz CT molecular complexity index is 725. The molecule has 1 unspecified atom stereocenters. The van der Waals surface area contributed by atoms with Gasteiger partial charge in [-0.1, -0.05) is 0 Å². The number of sulfonamides is 1. The summed E-state index contributed by atoms with van der Waals surface area (Å²) >= 11 is 0. The molecule has 0 fully saturated rings. The summed E-state index contributed by atoms with van der Waals surface area (Å²) in [7, 11) is -3.81. The molecular formula is C11H21N5O4S2. The van der Waals surface area contributed by atoms with Crippen LogP contribution in [0.25, 0.3) is 0 Å². The molecule has 0 spiro atoms. The lowest BCUT2D eigenvalue weighted by molar-refractivity contribution is 0.246. The molecule has 1 aliphatic heterocycles. The zero-order chi connectivity index (χ0) is 16.5. The third kappa shape index (κ3) is 3.84. The van der Waals surface area contributed by atoms with Crippen molar-refractivity contribution in [2.75, 3.05) is 33.4 Å². The lowest BCUT2D eigenvalue weighted by Crippen LogP contribution is -2.46. The second kappa shape index (κ2) is 6.24. The molecule has 1 atom stereocenters. The van der Waals surface area contributed by atoms with Gasteiger partial charge in [-0.2, -0.15) is 22.1 Å². The summed E-state index contributed by atoms with van der Waals surface area (Å²) in [6.07, 6.45) is 3.18. The molecule has 0 amide bonds. The highest BCUT2D eigenvalue weighted by atomic mass is 32.2. The van der Waals surface area contributed by atoms with Crippen LogP contribution in [0.2, 0.25) is 0 Å². The molecule has 9 nitrogen and oxygen atoms in total. The quantitative estimate of drug-likeness (QED) is 0.707. The van der Waals surface area contributed by atoms with E-state index in [-0.39, 0.29) is 25.7 Å². The molecular weight excluding hydrogens is 330 g/mol. The standard InChI is InChI=1S/C11H21N5O4S2/c1-14(2)22(19,20)15-8-10-4-6-12-16(10)11(9-15)5-7-13-21(3,17)18/h4,6,11,13H,5,7-9H2,1-3H3. The van der Waals surface area contributed by atoms with Crippen LogP contribution in [-0.4, -0.2) is 68.7 Å². The first kappa shape index (κ1) is 17.3. The maximum absolute atomic E-state index is 12.3. The molecule has 2 heterocycles. The second-order valence-corrected chi connectivity index (χ2v) is 9.43. The van der Waals surface area contributed by atoms with E-state index in [0.29, 0.717) is 6.42 Å². The molecule has 2 rings (SSSR count). The summed E-state index contributed by atoms with van der Waals surface area (Å²) in [6, 6.07) is 1.57. The average molecular weight is 351 g/mol. The van der Waals surface area contributed by atoms with E-state index in [1.54, 1.807) is 16.9 Å². The van der Waals surface area contributed by atoms with Crippen LogP contribution in [0.15, 0.2) is 12.3 Å². The lowest BCUT2D eigenvalue weighted by atomic mass is 10.1. The highest BCUT2D eigenvalue weighted by molar-refractivity contribution is 7.88. The van der Waals surface area contributed by atoms with Gasteiger partial charge in [0.15, 0.2) is 0 Å². The van der Waals surface area contributed by atoms with Crippen molar-refractivity contribution in [2.45, 2.75) is 19.0 Å². The zero-order valence-electron chi connectivity index (χ0n) is 12.8. The van der Waals surface area contributed by atoms with Crippen LogP contribution >= 0.6 is 0 Å². The van der Waals surface area contributed by atoms with E-state index >= 15 is 0 Å². The van der Waals surface area contributed by atoms with E-state index in [9.17, 15) is 16.8 Å². The highest BCUT2D eigenvalue weighted by Gasteiger charge is 2.33. The predicted octanol–water partition coefficient (Wildman–Crippen LogP) is -1.01. The van der Waals surface area contributed by atoms with Crippen LogP contribution in [0.1, 0.15) is 18.2 Å². The third-order valence-corrected chi connectivity index (χ3v) is 6.06. The summed E-state index contributed by atoms with van der Waals surface area (Å²) in [5.41, 5.74) is 0.793. The van der Waals surface area contributed by atoms with Gasteiger partial charge in [-0.3, -0.25) is 4.68 Å². The maximum Gasteiger partial charge on any atom is 0.281 e. The van der Waals surface area contributed by atoms with Gasteiger partial charge in [-0.15, -0.1) is 0 Å². The Morgan fingerprint density at radius 2 is 2.05 bits per heavy atom. The Morgan fingerprint density at radius 1 is 1.36 bits per heavy atom. The van der Waals surface area contributed by atoms with Crippen molar-refractivity contribution in [3.8, 4) is 0 Å². The molecule has 126 valence electrons. The highest BCUT2D eigenvalue weighted by Crippen LogP contribution is 2.25. The first-order chi connectivity index (χ1) is 10.1. The van der Waals surface area contributed by atoms with Crippen molar-refractivity contribution in [2.24, 2.45) is 0 Å². The monoisotopic (exact) mass is 351 g/mol. The van der Waals surface area contributed by atoms with Crippen molar-refractivity contribution in [3.63, 3.8) is 0 Å². The van der Waals surface area contributed by atoms with E-state index < -0.39 is 20.2 Å². The molecule has 0 saturated heterocycles. The second-order valence-electron chi connectivity index (χ2n) is 5.46. The van der Waals surface area contributed by atoms with Crippen LogP contribution in [0.4, 0.5) is 0 Å². The minimum absolute atomic E-state index is 0.206. The summed E-state index contributed by atoms with van der Waals surface area (Å²) in [5, 5.41) is 4.22. The minimum Gasteiger partial charge on any atom is -0.264 e. The SMILES string of the molecule is CN(C)S(=O)(=O)N1Cc2ccnn2C(CCNS(C)(=O)=O)C1. The predicted molar refractivity (Wildman–Crippen MR) is 81.7 cm³/mol. The Kier molecular flexibility index (Phi) is 4.92. The van der Waals surface area contributed by atoms with Gasteiger partial charge in [0.1, 0.15) is 0 Å². The Hall–Kier alpha value is -1.01. The summed E-state index contributed by atoms with van der Waals surface area (Å²) in [6.45, 7) is 0.760. The molecule has 0 bridgehead atoms. The Balaban J connectivity index is 2.16. The van der Waals surface area contributed by atoms with Crippen LogP contribution in [-0.2, 0) is 26.8 Å². The van der Waals surface area contributed by atoms with Crippen molar-refractivity contribution >= 4 is 20.2 Å². The minimum atomic E-state index is -3.52. The van der Waals surface area contributed by atoms with E-state index in [2.05, 4.69) is 9.82 Å². The molecule has 0 aliphatic carbocycles. The van der Waals surface area contributed by atoms with Gasteiger partial charge >= 0.3 is 0 Å². The molecule has 1 aromatic heterocycles. The van der Waals surface area contributed by atoms with Crippen molar-refractivity contribution in [1.82, 2.24) is 23.1 Å². The molecule has 0 radical (unpaired) electrons. The Morgan fingerprint density at radius 3 is 2.64 bits per heavy atom. The molecule has 11 heteroatoms. The van der Waals surface area contributed by atoms with Crippen LogP contribution in [0.5, 0.6) is 0 Å². The smallest absolute Gasteiger partial charge is 0.264 e. The number of hydrogen-bond acceptors (Lipinski definition) is 5. The summed E-state index contributed by atoms with van der Waals surface area (Å²) in [5.74, 6) is 0. The average Bonchev–Trinajstić information content (AvgIpc) is 2.85. The van der Waals surface area contributed by atoms with Gasteiger partial charge in [0, 0.05) is 33.4 Å². The number of nitrogens with one attached hydrogen (secondary N) is 1. The van der Waals surface area contributed by atoms with Gasteiger partial charge < -0.3 is 0 Å². The van der Waals surface area contributed by atoms with Crippen LogP contribution < -0.4 is 4.72 Å². The van der Waals surface area contributed by atoms with Gasteiger partial charge in [-0.25, -0.2) is 13.1 Å². The number of fused-ring (bicyclic) bond motifs is 1.